The molecule has 1 N–H and O–H groups in total. The molecule has 0 aliphatic heterocycles. The van der Waals surface area contributed by atoms with Crippen molar-refractivity contribution in [3.05, 3.63) is 29.6 Å². The van der Waals surface area contributed by atoms with Gasteiger partial charge in [-0.05, 0) is 6.07 Å². The van der Waals surface area contributed by atoms with E-state index in [1.54, 1.807) is 6.07 Å². The van der Waals surface area contributed by atoms with Crippen molar-refractivity contribution in [2.75, 3.05) is 19.5 Å². The minimum Gasteiger partial charge on any atom is -0.352 e. The van der Waals surface area contributed by atoms with Gasteiger partial charge >= 0.3 is 0 Å². The van der Waals surface area contributed by atoms with Gasteiger partial charge in [0.2, 0.25) is 6.41 Å². The molecule has 82 valence electrons. The van der Waals surface area contributed by atoms with Gasteiger partial charge in [0.25, 0.3) is 0 Å². The van der Waals surface area contributed by atoms with Gasteiger partial charge in [-0.25, -0.2) is 4.39 Å². The monoisotopic (exact) mass is 213 g/mol. The fourth-order valence-electron chi connectivity index (χ4n) is 1.26. The van der Waals surface area contributed by atoms with Gasteiger partial charge in [-0.3, -0.25) is 4.79 Å². The average molecular weight is 213 g/mol. The Morgan fingerprint density at radius 2 is 2.07 bits per heavy atom. The number of hydrogen-bond acceptors (Lipinski definition) is 3. The quantitative estimate of drug-likeness (QED) is 0.598. The number of halogens is 1. The van der Waals surface area contributed by atoms with Gasteiger partial charge in [-0.1, -0.05) is 12.1 Å². The predicted molar refractivity (Wildman–Crippen MR) is 52.8 cm³/mol. The minimum absolute atomic E-state index is 0.0987. The summed E-state index contributed by atoms with van der Waals surface area (Å²) in [6, 6.07) is 4.59. The number of ether oxygens (including phenoxy) is 2. The molecule has 0 aliphatic carbocycles. The molecular weight excluding hydrogens is 201 g/mol. The van der Waals surface area contributed by atoms with Crippen LogP contribution in [0.4, 0.5) is 10.1 Å². The van der Waals surface area contributed by atoms with E-state index < -0.39 is 12.1 Å². The van der Waals surface area contributed by atoms with Crippen molar-refractivity contribution < 1.29 is 18.7 Å². The van der Waals surface area contributed by atoms with E-state index in [9.17, 15) is 9.18 Å². The summed E-state index contributed by atoms with van der Waals surface area (Å²) >= 11 is 0. The molecule has 1 rings (SSSR count). The van der Waals surface area contributed by atoms with Crippen molar-refractivity contribution in [1.29, 1.82) is 0 Å². The third-order valence-corrected chi connectivity index (χ3v) is 1.93. The number of rotatable bonds is 5. The van der Waals surface area contributed by atoms with Crippen LogP contribution in [-0.4, -0.2) is 20.6 Å². The second-order valence-electron chi connectivity index (χ2n) is 2.77. The van der Waals surface area contributed by atoms with E-state index in [4.69, 9.17) is 9.47 Å². The summed E-state index contributed by atoms with van der Waals surface area (Å²) in [5.41, 5.74) is 0.341. The van der Waals surface area contributed by atoms with Crippen LogP contribution in [0, 0.1) is 5.82 Å². The molecule has 1 aromatic rings. The van der Waals surface area contributed by atoms with Gasteiger partial charge in [0, 0.05) is 19.8 Å². The highest BCUT2D eigenvalue weighted by atomic mass is 19.1. The number of carbonyl (C=O) groups excluding carboxylic acids is 1. The lowest BCUT2D eigenvalue weighted by atomic mass is 10.1. The fourth-order valence-corrected chi connectivity index (χ4v) is 1.26. The van der Waals surface area contributed by atoms with Gasteiger partial charge in [0.15, 0.2) is 12.1 Å². The zero-order valence-electron chi connectivity index (χ0n) is 8.49. The molecule has 0 atom stereocenters. The van der Waals surface area contributed by atoms with Crippen LogP contribution in [-0.2, 0) is 14.3 Å². The highest BCUT2D eigenvalue weighted by Gasteiger charge is 2.16. The Hall–Kier alpha value is -1.46. The Morgan fingerprint density at radius 1 is 1.40 bits per heavy atom. The summed E-state index contributed by atoms with van der Waals surface area (Å²) in [6.07, 6.45) is -0.366. The van der Waals surface area contributed by atoms with E-state index in [0.29, 0.717) is 6.41 Å². The maximum atomic E-state index is 13.7. The lowest BCUT2D eigenvalue weighted by Crippen LogP contribution is -2.08. The number of hydrogen-bond donors (Lipinski definition) is 1. The van der Waals surface area contributed by atoms with Gasteiger partial charge in [0.05, 0.1) is 5.69 Å². The van der Waals surface area contributed by atoms with Crippen LogP contribution in [0.25, 0.3) is 0 Å². The Labute approximate surface area is 87.0 Å². The van der Waals surface area contributed by atoms with Crippen LogP contribution in [0.1, 0.15) is 11.9 Å². The molecule has 0 heterocycles. The molecular formula is C10H12FNO3. The van der Waals surface area contributed by atoms with E-state index in [-0.39, 0.29) is 11.3 Å². The first kappa shape index (κ1) is 11.6. The van der Waals surface area contributed by atoms with Crippen LogP contribution in [0.3, 0.4) is 0 Å². The maximum absolute atomic E-state index is 13.7. The summed E-state index contributed by atoms with van der Waals surface area (Å²) in [7, 11) is 2.82. The summed E-state index contributed by atoms with van der Waals surface area (Å²) in [5.74, 6) is -0.557. The Bertz CT molecular complexity index is 339. The number of nitrogens with one attached hydrogen (secondary N) is 1. The standard InChI is InChI=1S/C10H12FNO3/c1-14-10(15-2)7-4-3-5-8(9(7)11)12-6-13/h3-6,10H,1-2H3,(H,12,13). The topological polar surface area (TPSA) is 47.6 Å². The number of anilines is 1. The number of benzene rings is 1. The predicted octanol–water partition coefficient (Wildman–Crippen LogP) is 1.69. The third kappa shape index (κ3) is 2.51. The smallest absolute Gasteiger partial charge is 0.211 e. The number of carbonyl (C=O) groups is 1. The molecule has 1 amide bonds. The third-order valence-electron chi connectivity index (χ3n) is 1.93. The van der Waals surface area contributed by atoms with E-state index >= 15 is 0 Å². The largest absolute Gasteiger partial charge is 0.352 e. The summed E-state index contributed by atoms with van der Waals surface area (Å²) in [4.78, 5) is 10.2. The molecule has 0 fully saturated rings. The van der Waals surface area contributed by atoms with Crippen LogP contribution in [0.15, 0.2) is 18.2 Å². The van der Waals surface area contributed by atoms with E-state index in [1.807, 2.05) is 0 Å². The van der Waals surface area contributed by atoms with Crippen molar-refractivity contribution in [3.63, 3.8) is 0 Å². The molecule has 0 aliphatic rings. The molecule has 0 spiro atoms. The molecule has 0 saturated carbocycles. The summed E-state index contributed by atoms with van der Waals surface area (Å²) in [6.45, 7) is 0. The van der Waals surface area contributed by atoms with Crippen LogP contribution < -0.4 is 5.32 Å². The summed E-state index contributed by atoms with van der Waals surface area (Å²) < 4.78 is 23.5. The Morgan fingerprint density at radius 3 is 2.60 bits per heavy atom. The lowest BCUT2D eigenvalue weighted by molar-refractivity contribution is -0.108. The van der Waals surface area contributed by atoms with Crippen molar-refractivity contribution in [1.82, 2.24) is 0 Å². The molecule has 0 bridgehead atoms. The highest BCUT2D eigenvalue weighted by Crippen LogP contribution is 2.25. The molecule has 1 aromatic carbocycles. The molecule has 0 unspecified atom stereocenters. The lowest BCUT2D eigenvalue weighted by Gasteiger charge is -2.15. The second-order valence-corrected chi connectivity index (χ2v) is 2.77. The van der Waals surface area contributed by atoms with Gasteiger partial charge in [-0.15, -0.1) is 0 Å². The zero-order chi connectivity index (χ0) is 11.3. The van der Waals surface area contributed by atoms with E-state index in [2.05, 4.69) is 5.32 Å². The zero-order valence-corrected chi connectivity index (χ0v) is 8.49. The van der Waals surface area contributed by atoms with E-state index in [1.165, 1.54) is 26.4 Å². The molecule has 0 aromatic heterocycles. The van der Waals surface area contributed by atoms with Crippen LogP contribution in [0.2, 0.25) is 0 Å². The van der Waals surface area contributed by atoms with Crippen molar-refractivity contribution in [3.8, 4) is 0 Å². The number of amides is 1. The average Bonchev–Trinajstić information content (AvgIpc) is 2.25. The normalized spacial score (nSPS) is 10.4. The van der Waals surface area contributed by atoms with Gasteiger partial charge in [-0.2, -0.15) is 0 Å². The fraction of sp³-hybridized carbons (Fsp3) is 0.300. The van der Waals surface area contributed by atoms with Crippen molar-refractivity contribution >= 4 is 12.1 Å². The maximum Gasteiger partial charge on any atom is 0.211 e. The first-order valence-electron chi connectivity index (χ1n) is 4.28. The molecule has 15 heavy (non-hydrogen) atoms. The molecule has 4 nitrogen and oxygen atoms in total. The van der Waals surface area contributed by atoms with Crippen LogP contribution >= 0.6 is 0 Å². The molecule has 5 heteroatoms. The Balaban J connectivity index is 3.07. The molecule has 0 radical (unpaired) electrons. The Kier molecular flexibility index (Phi) is 4.20. The van der Waals surface area contributed by atoms with Gasteiger partial charge in [0.1, 0.15) is 0 Å². The van der Waals surface area contributed by atoms with Crippen molar-refractivity contribution in [2.24, 2.45) is 0 Å². The highest BCUT2D eigenvalue weighted by molar-refractivity contribution is 5.71. The first-order valence-corrected chi connectivity index (χ1v) is 4.28. The SMILES string of the molecule is COC(OC)c1cccc(NC=O)c1F. The van der Waals surface area contributed by atoms with Crippen LogP contribution in [0.5, 0.6) is 0 Å². The van der Waals surface area contributed by atoms with E-state index in [0.717, 1.165) is 0 Å². The minimum atomic E-state index is -0.779. The summed E-state index contributed by atoms with van der Waals surface area (Å²) in [5, 5.41) is 2.25. The van der Waals surface area contributed by atoms with Crippen molar-refractivity contribution in [2.45, 2.75) is 6.29 Å². The first-order chi connectivity index (χ1) is 7.24. The number of methoxy groups -OCH3 is 2. The second kappa shape index (κ2) is 5.43. The van der Waals surface area contributed by atoms with Gasteiger partial charge < -0.3 is 14.8 Å². The molecule has 0 saturated heterocycles.